The molecule has 2 unspecified atom stereocenters. The molecule has 1 aromatic carbocycles. The van der Waals surface area contributed by atoms with Crippen LogP contribution in [0.25, 0.3) is 0 Å². The topological polar surface area (TPSA) is 21.3 Å². The van der Waals surface area contributed by atoms with Crippen molar-refractivity contribution in [1.82, 2.24) is 5.32 Å². The summed E-state index contributed by atoms with van der Waals surface area (Å²) in [6, 6.07) is 6.45. The van der Waals surface area contributed by atoms with Crippen LogP contribution in [0.4, 0.5) is 4.39 Å². The van der Waals surface area contributed by atoms with Crippen molar-refractivity contribution < 1.29 is 9.13 Å². The average Bonchev–Trinajstić information content (AvgIpc) is 2.37. The summed E-state index contributed by atoms with van der Waals surface area (Å²) in [5.74, 6) is 0.0585. The van der Waals surface area contributed by atoms with Gasteiger partial charge in [0.1, 0.15) is 0 Å². The van der Waals surface area contributed by atoms with Crippen molar-refractivity contribution in [3.05, 3.63) is 29.6 Å². The van der Waals surface area contributed by atoms with E-state index in [1.807, 2.05) is 6.07 Å². The fourth-order valence-electron chi connectivity index (χ4n) is 2.67. The lowest BCUT2D eigenvalue weighted by Crippen LogP contribution is -2.40. The molecule has 1 fully saturated rings. The van der Waals surface area contributed by atoms with Crippen LogP contribution in [-0.2, 0) is 6.42 Å². The molecule has 1 heterocycles. The highest BCUT2D eigenvalue weighted by molar-refractivity contribution is 5.29. The van der Waals surface area contributed by atoms with Gasteiger partial charge < -0.3 is 10.1 Å². The van der Waals surface area contributed by atoms with Gasteiger partial charge in [0.2, 0.25) is 0 Å². The molecule has 2 atom stereocenters. The van der Waals surface area contributed by atoms with E-state index in [1.165, 1.54) is 26.4 Å². The first-order valence-corrected chi connectivity index (χ1v) is 6.77. The van der Waals surface area contributed by atoms with E-state index in [1.54, 1.807) is 12.1 Å². The molecule has 0 radical (unpaired) electrons. The van der Waals surface area contributed by atoms with Crippen molar-refractivity contribution in [2.75, 3.05) is 7.11 Å². The minimum atomic E-state index is -0.264. The molecule has 2 nitrogen and oxygen atoms in total. The van der Waals surface area contributed by atoms with Crippen LogP contribution in [0.15, 0.2) is 18.2 Å². The largest absolute Gasteiger partial charge is 0.494 e. The lowest BCUT2D eigenvalue weighted by Gasteiger charge is -2.28. The lowest BCUT2D eigenvalue weighted by atomic mass is 9.95. The van der Waals surface area contributed by atoms with Crippen LogP contribution in [0.3, 0.4) is 0 Å². The molecular weight excluding hydrogens is 229 g/mol. The molecule has 0 bridgehead atoms. The van der Waals surface area contributed by atoms with E-state index in [0.717, 1.165) is 18.4 Å². The van der Waals surface area contributed by atoms with E-state index >= 15 is 0 Å². The van der Waals surface area contributed by atoms with E-state index < -0.39 is 0 Å². The van der Waals surface area contributed by atoms with E-state index in [9.17, 15) is 4.39 Å². The molecule has 0 aliphatic carbocycles. The van der Waals surface area contributed by atoms with Crippen molar-refractivity contribution in [2.45, 2.75) is 51.1 Å². The average molecular weight is 251 g/mol. The van der Waals surface area contributed by atoms with Crippen molar-refractivity contribution in [1.29, 1.82) is 0 Å². The van der Waals surface area contributed by atoms with Crippen molar-refractivity contribution in [2.24, 2.45) is 0 Å². The SMILES string of the molecule is COc1ccc(CCC2CCCC(C)N2)cc1F. The number of aryl methyl sites for hydroxylation is 1. The maximum Gasteiger partial charge on any atom is 0.165 e. The van der Waals surface area contributed by atoms with Gasteiger partial charge in [-0.1, -0.05) is 12.5 Å². The van der Waals surface area contributed by atoms with Gasteiger partial charge in [-0.05, 0) is 50.3 Å². The Morgan fingerprint density at radius 1 is 1.39 bits per heavy atom. The first-order chi connectivity index (χ1) is 8.69. The van der Waals surface area contributed by atoms with Gasteiger partial charge in [-0.2, -0.15) is 0 Å². The summed E-state index contributed by atoms with van der Waals surface area (Å²) in [6.45, 7) is 2.24. The monoisotopic (exact) mass is 251 g/mol. The van der Waals surface area contributed by atoms with Crippen LogP contribution in [0, 0.1) is 5.82 Å². The van der Waals surface area contributed by atoms with E-state index in [4.69, 9.17) is 4.74 Å². The van der Waals surface area contributed by atoms with E-state index in [-0.39, 0.29) is 5.82 Å². The van der Waals surface area contributed by atoms with Gasteiger partial charge in [0, 0.05) is 12.1 Å². The molecule has 1 saturated heterocycles. The Morgan fingerprint density at radius 3 is 2.89 bits per heavy atom. The molecular formula is C15H22FNO. The zero-order chi connectivity index (χ0) is 13.0. The van der Waals surface area contributed by atoms with Crippen LogP contribution in [0.1, 0.15) is 38.2 Å². The zero-order valence-electron chi connectivity index (χ0n) is 11.2. The number of piperidine rings is 1. The Labute approximate surface area is 109 Å². The number of hydrogen-bond donors (Lipinski definition) is 1. The van der Waals surface area contributed by atoms with Crippen molar-refractivity contribution in [3.63, 3.8) is 0 Å². The molecule has 1 N–H and O–H groups in total. The molecule has 1 aromatic rings. The number of benzene rings is 1. The number of halogens is 1. The highest BCUT2D eigenvalue weighted by Gasteiger charge is 2.17. The van der Waals surface area contributed by atoms with Crippen LogP contribution in [-0.4, -0.2) is 19.2 Å². The summed E-state index contributed by atoms with van der Waals surface area (Å²) in [7, 11) is 1.49. The van der Waals surface area contributed by atoms with Crippen LogP contribution in [0.5, 0.6) is 5.75 Å². The Kier molecular flexibility index (Phi) is 4.59. The number of methoxy groups -OCH3 is 1. The third-order valence-corrected chi connectivity index (χ3v) is 3.71. The second-order valence-corrected chi connectivity index (χ2v) is 5.20. The Balaban J connectivity index is 1.88. The van der Waals surface area contributed by atoms with Crippen molar-refractivity contribution >= 4 is 0 Å². The molecule has 0 saturated carbocycles. The maximum absolute atomic E-state index is 13.5. The first kappa shape index (κ1) is 13.3. The van der Waals surface area contributed by atoms with Gasteiger partial charge >= 0.3 is 0 Å². The van der Waals surface area contributed by atoms with Crippen LogP contribution in [0.2, 0.25) is 0 Å². The predicted molar refractivity (Wildman–Crippen MR) is 71.5 cm³/mol. The molecule has 1 aliphatic heterocycles. The quantitative estimate of drug-likeness (QED) is 0.886. The second kappa shape index (κ2) is 6.19. The molecule has 1 aliphatic rings. The second-order valence-electron chi connectivity index (χ2n) is 5.20. The summed E-state index contributed by atoms with van der Waals surface area (Å²) < 4.78 is 18.5. The fourth-order valence-corrected chi connectivity index (χ4v) is 2.67. The van der Waals surface area contributed by atoms with Gasteiger partial charge in [0.05, 0.1) is 7.11 Å². The van der Waals surface area contributed by atoms with Crippen LogP contribution < -0.4 is 10.1 Å². The molecule has 3 heteroatoms. The Hall–Kier alpha value is -1.09. The summed E-state index contributed by atoms with van der Waals surface area (Å²) in [4.78, 5) is 0. The fraction of sp³-hybridized carbons (Fsp3) is 0.600. The minimum Gasteiger partial charge on any atom is -0.494 e. The number of nitrogens with one attached hydrogen (secondary N) is 1. The maximum atomic E-state index is 13.5. The molecule has 0 spiro atoms. The summed E-state index contributed by atoms with van der Waals surface area (Å²) in [6.07, 6.45) is 5.81. The van der Waals surface area contributed by atoms with Gasteiger partial charge in [-0.25, -0.2) is 4.39 Å². The van der Waals surface area contributed by atoms with Gasteiger partial charge in [-0.15, -0.1) is 0 Å². The molecule has 0 aromatic heterocycles. The van der Waals surface area contributed by atoms with E-state index in [2.05, 4.69) is 12.2 Å². The summed E-state index contributed by atoms with van der Waals surface area (Å²) in [5.41, 5.74) is 1.05. The predicted octanol–water partition coefficient (Wildman–Crippen LogP) is 3.30. The van der Waals surface area contributed by atoms with E-state index in [0.29, 0.717) is 17.8 Å². The molecule has 100 valence electrons. The molecule has 2 rings (SSSR count). The van der Waals surface area contributed by atoms with Gasteiger partial charge in [0.25, 0.3) is 0 Å². The third kappa shape index (κ3) is 3.45. The third-order valence-electron chi connectivity index (χ3n) is 3.71. The number of rotatable bonds is 4. The number of ether oxygens (including phenoxy) is 1. The van der Waals surface area contributed by atoms with Crippen LogP contribution >= 0.6 is 0 Å². The molecule has 0 amide bonds. The minimum absolute atomic E-state index is 0.264. The van der Waals surface area contributed by atoms with Gasteiger partial charge in [-0.3, -0.25) is 0 Å². The zero-order valence-corrected chi connectivity index (χ0v) is 11.2. The molecule has 18 heavy (non-hydrogen) atoms. The number of hydrogen-bond acceptors (Lipinski definition) is 2. The van der Waals surface area contributed by atoms with Gasteiger partial charge in [0.15, 0.2) is 11.6 Å². The Bertz CT molecular complexity index is 394. The smallest absolute Gasteiger partial charge is 0.165 e. The highest BCUT2D eigenvalue weighted by atomic mass is 19.1. The Morgan fingerprint density at radius 2 is 2.22 bits per heavy atom. The summed E-state index contributed by atoms with van der Waals surface area (Å²) >= 11 is 0. The van der Waals surface area contributed by atoms with Crippen molar-refractivity contribution in [3.8, 4) is 5.75 Å². The normalized spacial score (nSPS) is 23.9. The summed E-state index contributed by atoms with van der Waals surface area (Å²) in [5, 5.41) is 3.61. The standard InChI is InChI=1S/C15H22FNO/c1-11-4-3-5-13(17-11)8-6-12-7-9-15(18-2)14(16)10-12/h7,9-11,13,17H,3-6,8H2,1-2H3. The highest BCUT2D eigenvalue weighted by Crippen LogP contribution is 2.20. The lowest BCUT2D eigenvalue weighted by molar-refractivity contribution is 0.322. The first-order valence-electron chi connectivity index (χ1n) is 6.77.